The fourth-order valence-electron chi connectivity index (χ4n) is 7.45. The van der Waals surface area contributed by atoms with Crippen molar-refractivity contribution in [2.75, 3.05) is 0 Å². The Bertz CT molecular complexity index is 2830. The average Bonchev–Trinajstić information content (AvgIpc) is 3.72. The summed E-state index contributed by atoms with van der Waals surface area (Å²) in [4.78, 5) is 5.99. The molecule has 3 heterocycles. The minimum Gasteiger partial charge on any atom is -0.309 e. The number of hydrogen-bond donors (Lipinski definition) is 0. The zero-order valence-corrected chi connectivity index (χ0v) is 26.8. The van der Waals surface area contributed by atoms with Crippen LogP contribution in [-0.2, 0) is 0 Å². The SMILES string of the molecule is c1ccc(-c2sc3c(ccc4c3c3ccccc3n4-c3cccc(-c4ccc5c(ccc6cccnc65)c4)c3)c2-c2ccccc2)cc1. The predicted molar refractivity (Wildman–Crippen MR) is 205 cm³/mol. The van der Waals surface area contributed by atoms with Gasteiger partial charge in [0.05, 0.1) is 16.6 Å². The second kappa shape index (κ2) is 10.8. The van der Waals surface area contributed by atoms with Crippen molar-refractivity contribution in [1.82, 2.24) is 9.55 Å². The molecule has 224 valence electrons. The Hall–Kier alpha value is -6.03. The van der Waals surface area contributed by atoms with Gasteiger partial charge in [0.15, 0.2) is 0 Å². The Labute approximate surface area is 281 Å². The van der Waals surface area contributed by atoms with Gasteiger partial charge in [-0.3, -0.25) is 4.98 Å². The van der Waals surface area contributed by atoms with E-state index in [0.29, 0.717) is 0 Å². The Morgan fingerprint density at radius 3 is 2.06 bits per heavy atom. The van der Waals surface area contributed by atoms with E-state index >= 15 is 0 Å². The molecule has 0 radical (unpaired) electrons. The number of pyridine rings is 1. The van der Waals surface area contributed by atoms with Crippen molar-refractivity contribution in [2.45, 2.75) is 0 Å². The molecule has 0 saturated carbocycles. The first-order chi connectivity index (χ1) is 23.8. The van der Waals surface area contributed by atoms with Crippen LogP contribution in [0.4, 0.5) is 0 Å². The van der Waals surface area contributed by atoms with Gasteiger partial charge >= 0.3 is 0 Å². The molecule has 10 aromatic rings. The van der Waals surface area contributed by atoms with Crippen LogP contribution in [0.5, 0.6) is 0 Å². The maximum Gasteiger partial charge on any atom is 0.0780 e. The zero-order chi connectivity index (χ0) is 31.6. The topological polar surface area (TPSA) is 17.8 Å². The van der Waals surface area contributed by atoms with E-state index in [1.807, 2.05) is 23.6 Å². The number of benzene rings is 7. The van der Waals surface area contributed by atoms with Crippen LogP contribution < -0.4 is 0 Å². The standard InChI is InChI=1S/C45H28N2S/c1-3-11-29(12-4-1)41-38-24-25-40-42(45(38)48-44(41)31-13-5-2-6-14-31)37-18-7-8-19-39(37)47(40)35-17-9-15-32(28-35)33-22-23-36-34(27-33)21-20-30-16-10-26-46-43(30)36/h1-28H. The van der Waals surface area contributed by atoms with Gasteiger partial charge in [-0.15, -0.1) is 11.3 Å². The molecule has 0 aliphatic carbocycles. The van der Waals surface area contributed by atoms with Gasteiger partial charge in [0.2, 0.25) is 0 Å². The maximum atomic E-state index is 4.68. The van der Waals surface area contributed by atoms with Crippen LogP contribution in [0.3, 0.4) is 0 Å². The summed E-state index contributed by atoms with van der Waals surface area (Å²) in [7, 11) is 0. The van der Waals surface area contributed by atoms with Gasteiger partial charge in [-0.2, -0.15) is 0 Å². The summed E-state index contributed by atoms with van der Waals surface area (Å²) in [5.74, 6) is 0. The van der Waals surface area contributed by atoms with Gasteiger partial charge in [0, 0.05) is 54.0 Å². The monoisotopic (exact) mass is 628 g/mol. The molecule has 3 aromatic heterocycles. The van der Waals surface area contributed by atoms with E-state index in [2.05, 4.69) is 167 Å². The molecule has 0 fully saturated rings. The van der Waals surface area contributed by atoms with Gasteiger partial charge in [-0.1, -0.05) is 127 Å². The number of hydrogen-bond acceptors (Lipinski definition) is 2. The lowest BCUT2D eigenvalue weighted by Crippen LogP contribution is -1.94. The molecule has 0 bridgehead atoms. The highest BCUT2D eigenvalue weighted by molar-refractivity contribution is 7.24. The lowest BCUT2D eigenvalue weighted by molar-refractivity contribution is 1.18. The van der Waals surface area contributed by atoms with Crippen molar-refractivity contribution in [3.63, 3.8) is 0 Å². The van der Waals surface area contributed by atoms with Gasteiger partial charge in [-0.25, -0.2) is 0 Å². The highest BCUT2D eigenvalue weighted by Gasteiger charge is 2.21. The highest BCUT2D eigenvalue weighted by atomic mass is 32.1. The fraction of sp³-hybridized carbons (Fsp3) is 0. The molecule has 0 amide bonds. The van der Waals surface area contributed by atoms with E-state index < -0.39 is 0 Å². The van der Waals surface area contributed by atoms with Crippen molar-refractivity contribution in [2.24, 2.45) is 0 Å². The van der Waals surface area contributed by atoms with Crippen molar-refractivity contribution < 1.29 is 0 Å². The summed E-state index contributed by atoms with van der Waals surface area (Å²) in [5, 5.41) is 7.42. The highest BCUT2D eigenvalue weighted by Crippen LogP contribution is 2.49. The second-order valence-corrected chi connectivity index (χ2v) is 13.4. The third-order valence-corrected chi connectivity index (χ3v) is 10.9. The van der Waals surface area contributed by atoms with Crippen LogP contribution in [0.1, 0.15) is 0 Å². The quantitative estimate of drug-likeness (QED) is 0.177. The van der Waals surface area contributed by atoms with E-state index in [4.69, 9.17) is 0 Å². The van der Waals surface area contributed by atoms with E-state index in [0.717, 1.165) is 16.6 Å². The lowest BCUT2D eigenvalue weighted by atomic mass is 9.98. The number of para-hydroxylation sites is 1. The van der Waals surface area contributed by atoms with Gasteiger partial charge in [0.25, 0.3) is 0 Å². The Morgan fingerprint density at radius 2 is 1.19 bits per heavy atom. The predicted octanol–water partition coefficient (Wildman–Crippen LogP) is 12.7. The summed E-state index contributed by atoms with van der Waals surface area (Å²) in [6.07, 6.45) is 1.87. The first kappa shape index (κ1) is 27.1. The van der Waals surface area contributed by atoms with Crippen LogP contribution in [0, 0.1) is 0 Å². The molecule has 0 unspecified atom stereocenters. The van der Waals surface area contributed by atoms with Crippen LogP contribution in [0.2, 0.25) is 0 Å². The molecule has 0 aliphatic heterocycles. The Balaban J connectivity index is 1.20. The molecule has 48 heavy (non-hydrogen) atoms. The molecule has 0 spiro atoms. The Kier molecular flexibility index (Phi) is 6.08. The third-order valence-electron chi connectivity index (χ3n) is 9.62. The minimum atomic E-state index is 1.05. The molecule has 0 N–H and O–H groups in total. The number of fused-ring (bicyclic) bond motifs is 8. The molecule has 10 rings (SSSR count). The van der Waals surface area contributed by atoms with Crippen LogP contribution >= 0.6 is 11.3 Å². The van der Waals surface area contributed by atoms with Crippen LogP contribution in [0.15, 0.2) is 170 Å². The fourth-order valence-corrected chi connectivity index (χ4v) is 8.83. The first-order valence-corrected chi connectivity index (χ1v) is 17.1. The van der Waals surface area contributed by atoms with Gasteiger partial charge in [0.1, 0.15) is 0 Å². The lowest BCUT2D eigenvalue weighted by Gasteiger charge is -2.11. The number of rotatable bonds is 4. The molecule has 0 atom stereocenters. The van der Waals surface area contributed by atoms with E-state index in [9.17, 15) is 0 Å². The average molecular weight is 629 g/mol. The van der Waals surface area contributed by atoms with Crippen molar-refractivity contribution >= 4 is 64.9 Å². The van der Waals surface area contributed by atoms with Crippen molar-refractivity contribution in [1.29, 1.82) is 0 Å². The zero-order valence-electron chi connectivity index (χ0n) is 26.0. The molecule has 0 saturated heterocycles. The summed E-state index contributed by atoms with van der Waals surface area (Å²) in [6.45, 7) is 0. The number of thiophene rings is 1. The van der Waals surface area contributed by atoms with Crippen LogP contribution in [0.25, 0.3) is 91.9 Å². The molecule has 3 heteroatoms. The molecule has 2 nitrogen and oxygen atoms in total. The Morgan fingerprint density at radius 1 is 0.458 bits per heavy atom. The maximum absolute atomic E-state index is 4.68. The molecule has 0 aliphatic rings. The van der Waals surface area contributed by atoms with E-state index in [1.165, 1.54) is 75.4 Å². The van der Waals surface area contributed by atoms with E-state index in [-0.39, 0.29) is 0 Å². The molecular weight excluding hydrogens is 601 g/mol. The summed E-state index contributed by atoms with van der Waals surface area (Å²) in [6, 6.07) is 59.4. The van der Waals surface area contributed by atoms with E-state index in [1.54, 1.807) is 0 Å². The van der Waals surface area contributed by atoms with Crippen molar-refractivity contribution in [3.05, 3.63) is 170 Å². The molecule has 7 aromatic carbocycles. The second-order valence-electron chi connectivity index (χ2n) is 12.4. The summed E-state index contributed by atoms with van der Waals surface area (Å²) >= 11 is 1.91. The first-order valence-electron chi connectivity index (χ1n) is 16.3. The number of aromatic nitrogens is 2. The van der Waals surface area contributed by atoms with Gasteiger partial charge in [-0.05, 0) is 64.0 Å². The summed E-state index contributed by atoms with van der Waals surface area (Å²) < 4.78 is 3.77. The summed E-state index contributed by atoms with van der Waals surface area (Å²) in [5.41, 5.74) is 10.8. The minimum absolute atomic E-state index is 1.05. The molecular formula is C45H28N2S. The largest absolute Gasteiger partial charge is 0.309 e. The third kappa shape index (κ3) is 4.15. The van der Waals surface area contributed by atoms with Crippen LogP contribution in [-0.4, -0.2) is 9.55 Å². The van der Waals surface area contributed by atoms with Gasteiger partial charge < -0.3 is 4.57 Å². The van der Waals surface area contributed by atoms with Crippen molar-refractivity contribution in [3.8, 4) is 38.4 Å². The normalized spacial score (nSPS) is 11.8. The smallest absolute Gasteiger partial charge is 0.0780 e. The number of nitrogens with zero attached hydrogens (tertiary/aromatic N) is 2.